The third kappa shape index (κ3) is 4.77. The molecule has 11 heteroatoms. The molecule has 0 saturated carbocycles. The Morgan fingerprint density at radius 1 is 1.21 bits per heavy atom. The number of piperidine rings is 1. The van der Waals surface area contributed by atoms with Gasteiger partial charge in [0.15, 0.2) is 0 Å². The van der Waals surface area contributed by atoms with E-state index in [0.717, 1.165) is 35.9 Å². The first-order valence-electron chi connectivity index (χ1n) is 10.3. The molecule has 0 radical (unpaired) electrons. The summed E-state index contributed by atoms with van der Waals surface area (Å²) in [5.41, 5.74) is 0.387. The monoisotopic (exact) mass is 471 g/mol. The van der Waals surface area contributed by atoms with Crippen molar-refractivity contribution >= 4 is 40.6 Å². The Bertz CT molecular complexity index is 1150. The Balaban J connectivity index is 1.50. The van der Waals surface area contributed by atoms with E-state index < -0.39 is 16.1 Å². The fourth-order valence-electron chi connectivity index (χ4n) is 3.72. The molecule has 3 heterocycles. The van der Waals surface area contributed by atoms with Gasteiger partial charge in [0.25, 0.3) is 16.8 Å². The van der Waals surface area contributed by atoms with Crippen molar-refractivity contribution in [3.63, 3.8) is 0 Å². The molecule has 0 atom stereocenters. The van der Waals surface area contributed by atoms with Crippen LogP contribution in [-0.2, 0) is 9.59 Å². The van der Waals surface area contributed by atoms with Crippen molar-refractivity contribution < 1.29 is 28.5 Å². The van der Waals surface area contributed by atoms with E-state index in [1.807, 2.05) is 0 Å². The van der Waals surface area contributed by atoms with E-state index in [0.29, 0.717) is 30.2 Å². The van der Waals surface area contributed by atoms with Crippen LogP contribution >= 0.6 is 11.8 Å². The Hall–Kier alpha value is -3.60. The number of imide groups is 1. The lowest BCUT2D eigenvalue weighted by Gasteiger charge is -2.27. The molecule has 0 spiro atoms. The van der Waals surface area contributed by atoms with Gasteiger partial charge in [-0.2, -0.15) is 0 Å². The summed E-state index contributed by atoms with van der Waals surface area (Å²) in [6.07, 6.45) is 4.37. The summed E-state index contributed by atoms with van der Waals surface area (Å²) in [6.45, 7) is 1.02. The maximum atomic E-state index is 12.7. The van der Waals surface area contributed by atoms with Gasteiger partial charge in [0.1, 0.15) is 23.8 Å². The second-order valence-electron chi connectivity index (χ2n) is 7.55. The normalized spacial score (nSPS) is 17.7. The fraction of sp³-hybridized carbons (Fsp3) is 0.318. The zero-order chi connectivity index (χ0) is 23.5. The molecule has 10 nitrogen and oxygen atoms in total. The molecule has 0 aliphatic carbocycles. The summed E-state index contributed by atoms with van der Waals surface area (Å²) in [5.74, 6) is 0.192. The smallest absolute Gasteiger partial charge is 0.294 e. The quantitative estimate of drug-likeness (QED) is 0.353. The lowest BCUT2D eigenvalue weighted by molar-refractivity contribution is -0.384. The molecule has 33 heavy (non-hydrogen) atoms. The van der Waals surface area contributed by atoms with Crippen LogP contribution in [0.15, 0.2) is 39.7 Å². The molecule has 1 aromatic heterocycles. The maximum Gasteiger partial charge on any atom is 0.294 e. The van der Waals surface area contributed by atoms with E-state index in [1.54, 1.807) is 17.0 Å². The molecule has 172 valence electrons. The molecule has 2 aliphatic heterocycles. The predicted octanol–water partition coefficient (Wildman–Crippen LogP) is 3.91. The van der Waals surface area contributed by atoms with Crippen LogP contribution in [0.3, 0.4) is 0 Å². The number of amides is 3. The minimum Gasteiger partial charge on any atom is -0.496 e. The number of non-ortho nitro benzene ring substituents is 1. The third-order valence-corrected chi connectivity index (χ3v) is 6.34. The van der Waals surface area contributed by atoms with Crippen LogP contribution in [0.25, 0.3) is 17.4 Å². The van der Waals surface area contributed by atoms with Crippen molar-refractivity contribution in [3.05, 3.63) is 51.1 Å². The topological polar surface area (TPSA) is 123 Å². The van der Waals surface area contributed by atoms with Crippen LogP contribution < -0.4 is 4.74 Å². The summed E-state index contributed by atoms with van der Waals surface area (Å²) < 4.78 is 11.0. The summed E-state index contributed by atoms with van der Waals surface area (Å²) in [6, 6.07) is 7.40. The van der Waals surface area contributed by atoms with Crippen molar-refractivity contribution in [2.75, 3.05) is 26.7 Å². The number of nitro groups is 1. The van der Waals surface area contributed by atoms with Gasteiger partial charge < -0.3 is 14.1 Å². The average molecular weight is 471 g/mol. The number of furan rings is 1. The molecule has 3 amide bonds. The summed E-state index contributed by atoms with van der Waals surface area (Å²) in [4.78, 5) is 50.8. The second-order valence-corrected chi connectivity index (χ2v) is 8.55. The van der Waals surface area contributed by atoms with Crippen LogP contribution in [0.4, 0.5) is 10.5 Å². The van der Waals surface area contributed by atoms with Crippen LogP contribution in [0, 0.1) is 10.1 Å². The minimum absolute atomic E-state index is 0.116. The number of ether oxygens (including phenoxy) is 1. The van der Waals surface area contributed by atoms with Gasteiger partial charge in [-0.25, -0.2) is 0 Å². The minimum atomic E-state index is -0.541. The lowest BCUT2D eigenvalue weighted by atomic mass is 10.1. The van der Waals surface area contributed by atoms with Gasteiger partial charge >= 0.3 is 0 Å². The van der Waals surface area contributed by atoms with E-state index in [-0.39, 0.29) is 28.8 Å². The predicted molar refractivity (Wildman–Crippen MR) is 120 cm³/mol. The third-order valence-electron chi connectivity index (χ3n) is 5.44. The van der Waals surface area contributed by atoms with Crippen LogP contribution in [-0.4, -0.2) is 58.5 Å². The van der Waals surface area contributed by atoms with Crippen molar-refractivity contribution in [2.24, 2.45) is 0 Å². The Morgan fingerprint density at radius 3 is 2.67 bits per heavy atom. The zero-order valence-corrected chi connectivity index (χ0v) is 18.6. The van der Waals surface area contributed by atoms with Gasteiger partial charge in [0.05, 0.1) is 28.6 Å². The fourth-order valence-corrected chi connectivity index (χ4v) is 4.53. The van der Waals surface area contributed by atoms with Crippen LogP contribution in [0.2, 0.25) is 0 Å². The van der Waals surface area contributed by atoms with E-state index in [4.69, 9.17) is 9.15 Å². The Morgan fingerprint density at radius 2 is 1.97 bits per heavy atom. The highest BCUT2D eigenvalue weighted by Gasteiger charge is 2.37. The molecule has 2 saturated heterocycles. The Labute approximate surface area is 193 Å². The standard InChI is InChI=1S/C22H21N3O7S/c1-31-18-11-14(25(29)30)5-7-16(18)17-8-6-15(32-17)12-19-21(27)24(22(28)33-19)13-20(26)23-9-3-2-4-10-23/h5-8,11-12H,2-4,9-10,13H2,1H3/b19-12+. The summed E-state index contributed by atoms with van der Waals surface area (Å²) in [7, 11) is 1.40. The van der Waals surface area contributed by atoms with Crippen molar-refractivity contribution in [3.8, 4) is 17.1 Å². The lowest BCUT2D eigenvalue weighted by Crippen LogP contribution is -2.44. The molecule has 0 bridgehead atoms. The highest BCUT2D eigenvalue weighted by Crippen LogP contribution is 2.36. The number of methoxy groups -OCH3 is 1. The summed E-state index contributed by atoms with van der Waals surface area (Å²) >= 11 is 0.751. The van der Waals surface area contributed by atoms with Crippen LogP contribution in [0.5, 0.6) is 5.75 Å². The molecule has 0 N–H and O–H groups in total. The van der Waals surface area contributed by atoms with Crippen LogP contribution in [0.1, 0.15) is 25.0 Å². The summed E-state index contributed by atoms with van der Waals surface area (Å²) in [5, 5.41) is 10.5. The number of nitro benzene ring substituents is 1. The number of nitrogens with zero attached hydrogens (tertiary/aromatic N) is 3. The molecule has 2 fully saturated rings. The number of thioether (sulfide) groups is 1. The zero-order valence-electron chi connectivity index (χ0n) is 17.8. The van der Waals surface area contributed by atoms with E-state index in [2.05, 4.69) is 0 Å². The number of benzene rings is 1. The number of hydrogen-bond donors (Lipinski definition) is 0. The van der Waals surface area contributed by atoms with E-state index in [1.165, 1.54) is 31.4 Å². The molecule has 2 aromatic rings. The number of hydrogen-bond acceptors (Lipinski definition) is 8. The first-order valence-corrected chi connectivity index (χ1v) is 11.1. The number of carbonyl (C=O) groups excluding carboxylic acids is 3. The molecule has 2 aliphatic rings. The highest BCUT2D eigenvalue weighted by molar-refractivity contribution is 8.18. The molecular formula is C22H21N3O7S. The maximum absolute atomic E-state index is 12.7. The largest absolute Gasteiger partial charge is 0.496 e. The van der Waals surface area contributed by atoms with Gasteiger partial charge in [-0.15, -0.1) is 0 Å². The Kier molecular flexibility index (Phi) is 6.50. The highest BCUT2D eigenvalue weighted by atomic mass is 32.2. The van der Waals surface area contributed by atoms with Gasteiger partial charge in [0, 0.05) is 25.2 Å². The molecule has 1 aromatic carbocycles. The first kappa shape index (κ1) is 22.6. The number of likely N-dealkylation sites (tertiary alicyclic amines) is 1. The first-order chi connectivity index (χ1) is 15.9. The molecule has 4 rings (SSSR count). The SMILES string of the molecule is COc1cc([N+](=O)[O-])ccc1-c1ccc(/C=C2/SC(=O)N(CC(=O)N3CCCCC3)C2=O)o1. The van der Waals surface area contributed by atoms with Gasteiger partial charge in [-0.1, -0.05) is 0 Å². The van der Waals surface area contributed by atoms with E-state index >= 15 is 0 Å². The number of rotatable bonds is 6. The number of carbonyl (C=O) groups is 3. The average Bonchev–Trinajstić information content (AvgIpc) is 3.39. The van der Waals surface area contributed by atoms with Gasteiger partial charge in [-0.3, -0.25) is 29.4 Å². The van der Waals surface area contributed by atoms with Crippen molar-refractivity contribution in [1.29, 1.82) is 0 Å². The van der Waals surface area contributed by atoms with Crippen molar-refractivity contribution in [1.82, 2.24) is 9.80 Å². The van der Waals surface area contributed by atoms with Gasteiger partial charge in [0.2, 0.25) is 5.91 Å². The van der Waals surface area contributed by atoms with Crippen molar-refractivity contribution in [2.45, 2.75) is 19.3 Å². The van der Waals surface area contributed by atoms with Gasteiger partial charge in [-0.05, 0) is 49.2 Å². The van der Waals surface area contributed by atoms with E-state index in [9.17, 15) is 24.5 Å². The molecule has 0 unspecified atom stereocenters. The molecular weight excluding hydrogens is 450 g/mol. The second kappa shape index (κ2) is 9.49.